The zero-order valence-electron chi connectivity index (χ0n) is 11.4. The number of hydrogen-bond donors (Lipinski definition) is 2. The topological polar surface area (TPSA) is 72.2 Å². The Labute approximate surface area is 131 Å². The monoisotopic (exact) mass is 372 g/mol. The summed E-state index contributed by atoms with van der Waals surface area (Å²) >= 11 is 3.13. The Morgan fingerprint density at radius 2 is 1.71 bits per heavy atom. The molecule has 0 unspecified atom stereocenters. The highest BCUT2D eigenvalue weighted by molar-refractivity contribution is 9.10. The largest absolute Gasteiger partial charge is 0.399 e. The Morgan fingerprint density at radius 3 is 2.24 bits per heavy atom. The van der Waals surface area contributed by atoms with Crippen molar-refractivity contribution in [2.24, 2.45) is 0 Å². The van der Waals surface area contributed by atoms with Crippen LogP contribution in [0.1, 0.15) is 11.1 Å². The molecule has 0 spiro atoms. The fourth-order valence-corrected chi connectivity index (χ4v) is 4.29. The number of halogens is 2. The fourth-order valence-electron chi connectivity index (χ4n) is 2.18. The van der Waals surface area contributed by atoms with E-state index in [0.717, 1.165) is 0 Å². The lowest BCUT2D eigenvalue weighted by molar-refractivity contribution is 0.599. The quantitative estimate of drug-likeness (QED) is 0.808. The number of nitrogen functional groups attached to an aromatic ring is 1. The van der Waals surface area contributed by atoms with E-state index in [1.807, 2.05) is 0 Å². The minimum Gasteiger partial charge on any atom is -0.399 e. The van der Waals surface area contributed by atoms with Gasteiger partial charge < -0.3 is 5.73 Å². The van der Waals surface area contributed by atoms with Gasteiger partial charge >= 0.3 is 0 Å². The van der Waals surface area contributed by atoms with E-state index in [-0.39, 0.29) is 10.6 Å². The maximum absolute atomic E-state index is 13.1. The normalized spacial score (nSPS) is 11.4. The van der Waals surface area contributed by atoms with Gasteiger partial charge in [0.25, 0.3) is 10.0 Å². The predicted molar refractivity (Wildman–Crippen MR) is 85.2 cm³/mol. The number of anilines is 2. The molecule has 0 amide bonds. The molecule has 0 saturated heterocycles. The Kier molecular flexibility index (Phi) is 4.25. The van der Waals surface area contributed by atoms with Gasteiger partial charge in [-0.05, 0) is 71.2 Å². The lowest BCUT2D eigenvalue weighted by atomic mass is 10.1. The molecule has 21 heavy (non-hydrogen) atoms. The van der Waals surface area contributed by atoms with Gasteiger partial charge in [0, 0.05) is 10.2 Å². The average Bonchev–Trinajstić information content (AvgIpc) is 2.30. The van der Waals surface area contributed by atoms with Crippen molar-refractivity contribution in [2.75, 3.05) is 10.5 Å². The van der Waals surface area contributed by atoms with Crippen LogP contribution >= 0.6 is 15.9 Å². The summed E-state index contributed by atoms with van der Waals surface area (Å²) < 4.78 is 40.9. The summed E-state index contributed by atoms with van der Waals surface area (Å²) in [5.74, 6) is -0.454. The number of rotatable bonds is 3. The van der Waals surface area contributed by atoms with Gasteiger partial charge in [-0.1, -0.05) is 0 Å². The Hall–Kier alpha value is -1.60. The molecule has 2 aromatic rings. The van der Waals surface area contributed by atoms with Crippen LogP contribution in [0.5, 0.6) is 0 Å². The highest BCUT2D eigenvalue weighted by atomic mass is 79.9. The van der Waals surface area contributed by atoms with Crippen LogP contribution < -0.4 is 10.5 Å². The van der Waals surface area contributed by atoms with Crippen LogP contribution in [0.25, 0.3) is 0 Å². The Bertz CT molecular complexity index is 784. The third-order valence-electron chi connectivity index (χ3n) is 2.93. The molecule has 7 heteroatoms. The van der Waals surface area contributed by atoms with Crippen molar-refractivity contribution in [3.8, 4) is 0 Å². The highest BCUT2D eigenvalue weighted by Crippen LogP contribution is 2.29. The standard InChI is InChI=1S/C14H14BrFN2O2S/c1-8-5-11(17)6-9(2)14(8)21(19,20)18-13-4-3-10(16)7-12(13)15/h3-7,18H,17H2,1-2H3. The van der Waals surface area contributed by atoms with Gasteiger partial charge in [0.05, 0.1) is 10.6 Å². The van der Waals surface area contributed by atoms with Crippen LogP contribution in [0, 0.1) is 19.7 Å². The van der Waals surface area contributed by atoms with E-state index < -0.39 is 15.8 Å². The number of nitrogens with one attached hydrogen (secondary N) is 1. The van der Waals surface area contributed by atoms with Gasteiger partial charge in [0.2, 0.25) is 0 Å². The minimum atomic E-state index is -3.78. The highest BCUT2D eigenvalue weighted by Gasteiger charge is 2.21. The van der Waals surface area contributed by atoms with Crippen LogP contribution in [0.4, 0.5) is 15.8 Å². The van der Waals surface area contributed by atoms with Crippen molar-refractivity contribution < 1.29 is 12.8 Å². The van der Waals surface area contributed by atoms with E-state index in [2.05, 4.69) is 20.7 Å². The lowest BCUT2D eigenvalue weighted by Gasteiger charge is -2.14. The molecular weight excluding hydrogens is 359 g/mol. The zero-order valence-corrected chi connectivity index (χ0v) is 13.8. The number of hydrogen-bond acceptors (Lipinski definition) is 3. The smallest absolute Gasteiger partial charge is 0.262 e. The second-order valence-corrected chi connectivity index (χ2v) is 7.19. The van der Waals surface area contributed by atoms with Gasteiger partial charge in [-0.25, -0.2) is 12.8 Å². The molecule has 0 bridgehead atoms. The molecule has 0 heterocycles. The summed E-state index contributed by atoms with van der Waals surface area (Å²) in [6, 6.07) is 6.94. The molecule has 0 fully saturated rings. The first-order valence-electron chi connectivity index (χ1n) is 6.05. The first-order valence-corrected chi connectivity index (χ1v) is 8.33. The SMILES string of the molecule is Cc1cc(N)cc(C)c1S(=O)(=O)Nc1ccc(F)cc1Br. The second-order valence-electron chi connectivity index (χ2n) is 4.71. The van der Waals surface area contributed by atoms with E-state index in [1.165, 1.54) is 18.2 Å². The molecule has 0 radical (unpaired) electrons. The maximum Gasteiger partial charge on any atom is 0.262 e. The molecule has 2 rings (SSSR count). The fraction of sp³-hybridized carbons (Fsp3) is 0.143. The average molecular weight is 373 g/mol. The third-order valence-corrected chi connectivity index (χ3v) is 5.25. The van der Waals surface area contributed by atoms with Crippen molar-refractivity contribution in [2.45, 2.75) is 18.7 Å². The van der Waals surface area contributed by atoms with E-state index in [9.17, 15) is 12.8 Å². The minimum absolute atomic E-state index is 0.174. The van der Waals surface area contributed by atoms with Crippen molar-refractivity contribution in [1.82, 2.24) is 0 Å². The van der Waals surface area contributed by atoms with Crippen LogP contribution in [0.3, 0.4) is 0 Å². The molecule has 0 aliphatic carbocycles. The van der Waals surface area contributed by atoms with Crippen molar-refractivity contribution >= 4 is 37.3 Å². The molecule has 0 aliphatic heterocycles. The summed E-state index contributed by atoms with van der Waals surface area (Å²) in [7, 11) is -3.78. The second kappa shape index (κ2) is 5.65. The summed E-state index contributed by atoms with van der Waals surface area (Å²) in [5, 5.41) is 0. The molecule has 4 nitrogen and oxygen atoms in total. The third kappa shape index (κ3) is 3.36. The first-order chi connectivity index (χ1) is 9.70. The summed E-state index contributed by atoms with van der Waals surface area (Å²) in [6.45, 7) is 3.36. The van der Waals surface area contributed by atoms with Crippen LogP contribution in [-0.4, -0.2) is 8.42 Å². The molecule has 0 aromatic heterocycles. The predicted octanol–water partition coefficient (Wildman–Crippen LogP) is 3.59. The van der Waals surface area contributed by atoms with E-state index >= 15 is 0 Å². The lowest BCUT2D eigenvalue weighted by Crippen LogP contribution is -2.16. The molecule has 0 aliphatic rings. The van der Waals surface area contributed by atoms with Gasteiger partial charge in [-0.3, -0.25) is 4.72 Å². The van der Waals surface area contributed by atoms with E-state index in [1.54, 1.807) is 26.0 Å². The number of nitrogens with two attached hydrogens (primary N) is 1. The van der Waals surface area contributed by atoms with Crippen LogP contribution in [-0.2, 0) is 10.0 Å². The molecule has 112 valence electrons. The molecule has 0 saturated carbocycles. The van der Waals surface area contributed by atoms with Gasteiger partial charge in [0.1, 0.15) is 5.82 Å². The van der Waals surface area contributed by atoms with E-state index in [4.69, 9.17) is 5.73 Å². The zero-order chi connectivity index (χ0) is 15.8. The van der Waals surface area contributed by atoms with E-state index in [0.29, 0.717) is 21.3 Å². The number of aryl methyl sites for hydroxylation is 2. The summed E-state index contributed by atoms with van der Waals surface area (Å²) in [4.78, 5) is 0.174. The maximum atomic E-state index is 13.1. The first kappa shape index (κ1) is 15.8. The van der Waals surface area contributed by atoms with Crippen molar-refractivity contribution in [3.63, 3.8) is 0 Å². The van der Waals surface area contributed by atoms with Crippen LogP contribution in [0.2, 0.25) is 0 Å². The molecule has 2 aromatic carbocycles. The van der Waals surface area contributed by atoms with Crippen molar-refractivity contribution in [1.29, 1.82) is 0 Å². The summed E-state index contributed by atoms with van der Waals surface area (Å²) in [5.41, 5.74) is 7.59. The molecular formula is C14H14BrFN2O2S. The van der Waals surface area contributed by atoms with Gasteiger partial charge in [-0.2, -0.15) is 0 Å². The summed E-state index contributed by atoms with van der Waals surface area (Å²) in [6.07, 6.45) is 0. The number of sulfonamides is 1. The van der Waals surface area contributed by atoms with Gasteiger partial charge in [-0.15, -0.1) is 0 Å². The van der Waals surface area contributed by atoms with Gasteiger partial charge in [0.15, 0.2) is 0 Å². The Morgan fingerprint density at radius 1 is 1.14 bits per heavy atom. The molecule has 0 atom stereocenters. The van der Waals surface area contributed by atoms with Crippen LogP contribution in [0.15, 0.2) is 39.7 Å². The Balaban J connectivity index is 2.48. The van der Waals surface area contributed by atoms with Crippen molar-refractivity contribution in [3.05, 3.63) is 51.7 Å². The number of benzene rings is 2. The molecule has 3 N–H and O–H groups in total.